The van der Waals surface area contributed by atoms with Gasteiger partial charge in [-0.05, 0) is 36.5 Å². The van der Waals surface area contributed by atoms with E-state index < -0.39 is 5.60 Å². The molecule has 0 spiro atoms. The van der Waals surface area contributed by atoms with Crippen LogP contribution in [0.3, 0.4) is 0 Å². The SMILES string of the molecule is CC1CC(O)(c2cccc(F)c2)C1. The molecule has 1 nitrogen and oxygen atoms in total. The molecule has 2 rings (SSSR count). The summed E-state index contributed by atoms with van der Waals surface area (Å²) in [4.78, 5) is 0. The van der Waals surface area contributed by atoms with Gasteiger partial charge in [0.1, 0.15) is 5.82 Å². The number of benzene rings is 1. The fourth-order valence-electron chi connectivity index (χ4n) is 2.11. The van der Waals surface area contributed by atoms with Crippen molar-refractivity contribution >= 4 is 0 Å². The first-order valence-corrected chi connectivity index (χ1v) is 4.58. The average Bonchev–Trinajstić information content (AvgIpc) is 2.02. The van der Waals surface area contributed by atoms with E-state index in [9.17, 15) is 9.50 Å². The van der Waals surface area contributed by atoms with Crippen molar-refractivity contribution in [3.8, 4) is 0 Å². The molecule has 0 aliphatic heterocycles. The molecule has 2 heteroatoms. The highest BCUT2D eigenvalue weighted by Gasteiger charge is 2.41. The quantitative estimate of drug-likeness (QED) is 0.703. The fraction of sp³-hybridized carbons (Fsp3) is 0.455. The van der Waals surface area contributed by atoms with Crippen molar-refractivity contribution in [3.05, 3.63) is 35.6 Å². The van der Waals surface area contributed by atoms with Gasteiger partial charge in [-0.25, -0.2) is 4.39 Å². The monoisotopic (exact) mass is 180 g/mol. The van der Waals surface area contributed by atoms with Crippen molar-refractivity contribution in [2.24, 2.45) is 5.92 Å². The van der Waals surface area contributed by atoms with Crippen LogP contribution in [-0.2, 0) is 5.60 Å². The Morgan fingerprint density at radius 2 is 2.15 bits per heavy atom. The smallest absolute Gasteiger partial charge is 0.123 e. The zero-order chi connectivity index (χ0) is 9.47. The Bertz CT molecular complexity index is 316. The van der Waals surface area contributed by atoms with Gasteiger partial charge in [-0.15, -0.1) is 0 Å². The summed E-state index contributed by atoms with van der Waals surface area (Å²) >= 11 is 0. The van der Waals surface area contributed by atoms with Gasteiger partial charge in [0.05, 0.1) is 5.60 Å². The number of rotatable bonds is 1. The summed E-state index contributed by atoms with van der Waals surface area (Å²) in [5.74, 6) is 0.277. The van der Waals surface area contributed by atoms with Gasteiger partial charge in [0.25, 0.3) is 0 Å². The second-order valence-electron chi connectivity index (χ2n) is 4.06. The summed E-state index contributed by atoms with van der Waals surface area (Å²) in [7, 11) is 0. The van der Waals surface area contributed by atoms with E-state index in [0.717, 1.165) is 12.8 Å². The van der Waals surface area contributed by atoms with E-state index in [2.05, 4.69) is 6.92 Å². The fourth-order valence-corrected chi connectivity index (χ4v) is 2.11. The van der Waals surface area contributed by atoms with Crippen molar-refractivity contribution < 1.29 is 9.50 Å². The number of hydrogen-bond donors (Lipinski definition) is 1. The summed E-state index contributed by atoms with van der Waals surface area (Å²) < 4.78 is 12.8. The zero-order valence-electron chi connectivity index (χ0n) is 7.63. The van der Waals surface area contributed by atoms with Crippen molar-refractivity contribution in [2.45, 2.75) is 25.4 Å². The highest BCUT2D eigenvalue weighted by atomic mass is 19.1. The van der Waals surface area contributed by atoms with Gasteiger partial charge in [0, 0.05) is 0 Å². The lowest BCUT2D eigenvalue weighted by Gasteiger charge is -2.42. The zero-order valence-corrected chi connectivity index (χ0v) is 7.63. The highest BCUT2D eigenvalue weighted by molar-refractivity contribution is 5.25. The molecule has 1 aliphatic carbocycles. The molecule has 1 aromatic carbocycles. The summed E-state index contributed by atoms with van der Waals surface area (Å²) in [5.41, 5.74) is -0.0489. The van der Waals surface area contributed by atoms with Crippen LogP contribution in [0, 0.1) is 11.7 Å². The van der Waals surface area contributed by atoms with Gasteiger partial charge in [0.15, 0.2) is 0 Å². The third kappa shape index (κ3) is 1.46. The summed E-state index contributed by atoms with van der Waals surface area (Å²) in [6.07, 6.45) is 1.49. The Balaban J connectivity index is 2.26. The van der Waals surface area contributed by atoms with E-state index in [1.54, 1.807) is 12.1 Å². The Labute approximate surface area is 77.2 Å². The van der Waals surface area contributed by atoms with Crippen LogP contribution in [0.4, 0.5) is 4.39 Å². The molecule has 0 radical (unpaired) electrons. The van der Waals surface area contributed by atoms with E-state index >= 15 is 0 Å². The lowest BCUT2D eigenvalue weighted by molar-refractivity contribution is -0.0740. The van der Waals surface area contributed by atoms with E-state index in [1.807, 2.05) is 0 Å². The molecular formula is C11H13FO. The molecule has 0 saturated heterocycles. The van der Waals surface area contributed by atoms with Crippen LogP contribution >= 0.6 is 0 Å². The van der Waals surface area contributed by atoms with Crippen LogP contribution in [0.25, 0.3) is 0 Å². The molecule has 1 aromatic rings. The lowest BCUT2D eigenvalue weighted by Crippen LogP contribution is -2.39. The topological polar surface area (TPSA) is 20.2 Å². The largest absolute Gasteiger partial charge is 0.385 e. The molecule has 1 N–H and O–H groups in total. The van der Waals surface area contributed by atoms with E-state index in [1.165, 1.54) is 12.1 Å². The van der Waals surface area contributed by atoms with E-state index in [-0.39, 0.29) is 5.82 Å². The normalized spacial score (nSPS) is 32.7. The van der Waals surface area contributed by atoms with Crippen molar-refractivity contribution in [1.82, 2.24) is 0 Å². The summed E-state index contributed by atoms with van der Waals surface area (Å²) in [5, 5.41) is 10.0. The maximum atomic E-state index is 12.8. The molecule has 0 aromatic heterocycles. The minimum atomic E-state index is -0.762. The summed E-state index contributed by atoms with van der Waals surface area (Å²) in [6.45, 7) is 2.09. The Morgan fingerprint density at radius 1 is 1.46 bits per heavy atom. The Morgan fingerprint density at radius 3 is 2.69 bits per heavy atom. The third-order valence-electron chi connectivity index (χ3n) is 2.73. The predicted molar refractivity (Wildman–Crippen MR) is 48.7 cm³/mol. The molecule has 0 atom stereocenters. The van der Waals surface area contributed by atoms with Crippen LogP contribution in [0.15, 0.2) is 24.3 Å². The highest BCUT2D eigenvalue weighted by Crippen LogP contribution is 2.45. The van der Waals surface area contributed by atoms with Gasteiger partial charge in [-0.2, -0.15) is 0 Å². The minimum absolute atomic E-state index is 0.273. The Kier molecular flexibility index (Phi) is 1.88. The molecule has 1 fully saturated rings. The van der Waals surface area contributed by atoms with Crippen LogP contribution in [0.2, 0.25) is 0 Å². The molecule has 70 valence electrons. The van der Waals surface area contributed by atoms with Crippen LogP contribution in [0.5, 0.6) is 0 Å². The van der Waals surface area contributed by atoms with Crippen LogP contribution in [-0.4, -0.2) is 5.11 Å². The first kappa shape index (κ1) is 8.70. The van der Waals surface area contributed by atoms with Crippen LogP contribution < -0.4 is 0 Å². The number of hydrogen-bond acceptors (Lipinski definition) is 1. The minimum Gasteiger partial charge on any atom is -0.385 e. The van der Waals surface area contributed by atoms with Gasteiger partial charge < -0.3 is 5.11 Å². The van der Waals surface area contributed by atoms with Gasteiger partial charge >= 0.3 is 0 Å². The maximum absolute atomic E-state index is 12.8. The molecule has 1 saturated carbocycles. The van der Waals surface area contributed by atoms with E-state index in [4.69, 9.17) is 0 Å². The van der Waals surface area contributed by atoms with E-state index in [0.29, 0.717) is 11.5 Å². The van der Waals surface area contributed by atoms with Gasteiger partial charge in [0.2, 0.25) is 0 Å². The Hall–Kier alpha value is -0.890. The van der Waals surface area contributed by atoms with Gasteiger partial charge in [-0.3, -0.25) is 0 Å². The van der Waals surface area contributed by atoms with Crippen molar-refractivity contribution in [3.63, 3.8) is 0 Å². The van der Waals surface area contributed by atoms with Gasteiger partial charge in [-0.1, -0.05) is 19.1 Å². The van der Waals surface area contributed by atoms with Crippen molar-refractivity contribution in [2.75, 3.05) is 0 Å². The third-order valence-corrected chi connectivity index (χ3v) is 2.73. The summed E-state index contributed by atoms with van der Waals surface area (Å²) in [6, 6.07) is 6.25. The molecule has 0 unspecified atom stereocenters. The second kappa shape index (κ2) is 2.81. The maximum Gasteiger partial charge on any atom is 0.123 e. The first-order valence-electron chi connectivity index (χ1n) is 4.58. The van der Waals surface area contributed by atoms with Crippen LogP contribution in [0.1, 0.15) is 25.3 Å². The number of aliphatic hydroxyl groups is 1. The average molecular weight is 180 g/mol. The number of halogens is 1. The lowest BCUT2D eigenvalue weighted by atomic mass is 9.68. The standard InChI is InChI=1S/C11H13FO/c1-8-6-11(13,7-8)9-3-2-4-10(12)5-9/h2-5,8,13H,6-7H2,1H3. The molecular weight excluding hydrogens is 167 g/mol. The predicted octanol–water partition coefficient (Wildman–Crippen LogP) is 2.44. The second-order valence-corrected chi connectivity index (χ2v) is 4.06. The molecule has 13 heavy (non-hydrogen) atoms. The molecule has 0 amide bonds. The molecule has 0 bridgehead atoms. The first-order chi connectivity index (χ1) is 6.10. The molecule has 1 aliphatic rings. The molecule has 0 heterocycles. The van der Waals surface area contributed by atoms with Crippen molar-refractivity contribution in [1.29, 1.82) is 0 Å².